The first-order chi connectivity index (χ1) is 10.6. The lowest BCUT2D eigenvalue weighted by Gasteiger charge is -2.31. The molecule has 0 saturated carbocycles. The molecule has 0 aliphatic rings. The van der Waals surface area contributed by atoms with Gasteiger partial charge >= 0.3 is 5.97 Å². The lowest BCUT2D eigenvalue weighted by molar-refractivity contribution is -0.145. The van der Waals surface area contributed by atoms with Gasteiger partial charge in [0.1, 0.15) is 5.75 Å². The van der Waals surface area contributed by atoms with Gasteiger partial charge in [0.25, 0.3) is 0 Å². The number of carboxylic acids is 1. The number of rotatable bonds is 8. The van der Waals surface area contributed by atoms with Crippen molar-refractivity contribution in [3.8, 4) is 5.75 Å². The third-order valence-corrected chi connectivity index (χ3v) is 5.17. The summed E-state index contributed by atoms with van der Waals surface area (Å²) in [7, 11) is 0. The van der Waals surface area contributed by atoms with Crippen LogP contribution in [0.5, 0.6) is 5.75 Å². The quantitative estimate of drug-likeness (QED) is 0.706. The average molecular weight is 320 g/mol. The molecule has 3 heteroatoms. The molecule has 1 aromatic rings. The van der Waals surface area contributed by atoms with Crippen molar-refractivity contribution in [2.75, 3.05) is 0 Å². The SMILES string of the molecule is CC[C@H](Oc1ccc(C(C)(C)CC)cc1C(C)(C)CC)C(=O)O. The highest BCUT2D eigenvalue weighted by Crippen LogP contribution is 2.38. The second kappa shape index (κ2) is 7.37. The van der Waals surface area contributed by atoms with Gasteiger partial charge in [0, 0.05) is 5.56 Å². The van der Waals surface area contributed by atoms with Crippen molar-refractivity contribution in [1.29, 1.82) is 0 Å². The van der Waals surface area contributed by atoms with Crippen molar-refractivity contribution in [2.24, 2.45) is 0 Å². The molecule has 0 heterocycles. The fourth-order valence-electron chi connectivity index (χ4n) is 2.44. The summed E-state index contributed by atoms with van der Waals surface area (Å²) in [5.74, 6) is -0.215. The second-order valence-electron chi connectivity index (χ2n) is 7.54. The molecule has 0 aromatic heterocycles. The van der Waals surface area contributed by atoms with Crippen LogP contribution in [0.2, 0.25) is 0 Å². The Kier molecular flexibility index (Phi) is 6.26. The van der Waals surface area contributed by atoms with Gasteiger partial charge in [0.05, 0.1) is 0 Å². The number of hydrogen-bond acceptors (Lipinski definition) is 2. The summed E-state index contributed by atoms with van der Waals surface area (Å²) in [5, 5.41) is 9.28. The number of benzene rings is 1. The standard InChI is InChI=1S/C20H32O3/c1-8-16(18(21)22)23-17-12-11-14(19(4,5)9-2)13-15(17)20(6,7)10-3/h11-13,16H,8-10H2,1-7H3,(H,21,22)/t16-/m0/s1. The van der Waals surface area contributed by atoms with E-state index in [9.17, 15) is 9.90 Å². The number of hydrogen-bond donors (Lipinski definition) is 1. The van der Waals surface area contributed by atoms with Crippen molar-refractivity contribution in [3.05, 3.63) is 29.3 Å². The molecule has 23 heavy (non-hydrogen) atoms. The molecule has 3 nitrogen and oxygen atoms in total. The van der Waals surface area contributed by atoms with E-state index >= 15 is 0 Å². The zero-order valence-electron chi connectivity index (χ0n) is 15.7. The molecule has 130 valence electrons. The van der Waals surface area contributed by atoms with Crippen molar-refractivity contribution < 1.29 is 14.6 Å². The molecule has 1 N–H and O–H groups in total. The van der Waals surface area contributed by atoms with E-state index in [1.165, 1.54) is 5.56 Å². The number of aliphatic carboxylic acids is 1. The Hall–Kier alpha value is -1.51. The Morgan fingerprint density at radius 3 is 2.09 bits per heavy atom. The monoisotopic (exact) mass is 320 g/mol. The van der Waals surface area contributed by atoms with Crippen LogP contribution in [0.25, 0.3) is 0 Å². The second-order valence-corrected chi connectivity index (χ2v) is 7.54. The normalized spacial score (nSPS) is 13.7. The highest BCUT2D eigenvalue weighted by Gasteiger charge is 2.28. The predicted molar refractivity (Wildman–Crippen MR) is 95.4 cm³/mol. The van der Waals surface area contributed by atoms with Crippen molar-refractivity contribution in [3.63, 3.8) is 0 Å². The molecule has 0 radical (unpaired) electrons. The van der Waals surface area contributed by atoms with Crippen LogP contribution < -0.4 is 4.74 Å². The summed E-state index contributed by atoms with van der Waals surface area (Å²) < 4.78 is 5.85. The molecule has 0 aliphatic heterocycles. The maximum Gasteiger partial charge on any atom is 0.344 e. The minimum absolute atomic E-state index is 0.0635. The minimum Gasteiger partial charge on any atom is -0.479 e. The van der Waals surface area contributed by atoms with E-state index in [1.54, 1.807) is 0 Å². The zero-order valence-corrected chi connectivity index (χ0v) is 15.7. The van der Waals surface area contributed by atoms with Gasteiger partial charge in [-0.2, -0.15) is 0 Å². The topological polar surface area (TPSA) is 46.5 Å². The van der Waals surface area contributed by atoms with Gasteiger partial charge in [-0.25, -0.2) is 4.79 Å². The van der Waals surface area contributed by atoms with Crippen LogP contribution in [0.15, 0.2) is 18.2 Å². The van der Waals surface area contributed by atoms with Gasteiger partial charge in [-0.05, 0) is 41.7 Å². The minimum atomic E-state index is -0.911. The van der Waals surface area contributed by atoms with Gasteiger partial charge in [-0.3, -0.25) is 0 Å². The van der Waals surface area contributed by atoms with Crippen LogP contribution in [-0.2, 0) is 15.6 Å². The number of carbonyl (C=O) groups is 1. The third-order valence-electron chi connectivity index (χ3n) is 5.17. The molecule has 0 unspecified atom stereocenters. The van der Waals surface area contributed by atoms with Crippen LogP contribution >= 0.6 is 0 Å². The van der Waals surface area contributed by atoms with Crippen LogP contribution in [0.4, 0.5) is 0 Å². The highest BCUT2D eigenvalue weighted by molar-refractivity contribution is 5.72. The molecule has 1 atom stereocenters. The molecule has 0 amide bonds. The van der Waals surface area contributed by atoms with Gasteiger partial charge in [-0.15, -0.1) is 0 Å². The first kappa shape index (κ1) is 19.5. The Morgan fingerprint density at radius 1 is 1.09 bits per heavy atom. The largest absolute Gasteiger partial charge is 0.479 e. The number of ether oxygens (including phenoxy) is 1. The molecule has 0 spiro atoms. The van der Waals surface area contributed by atoms with Gasteiger partial charge in [-0.1, -0.05) is 60.6 Å². The summed E-state index contributed by atoms with van der Waals surface area (Å²) >= 11 is 0. The smallest absolute Gasteiger partial charge is 0.344 e. The summed E-state index contributed by atoms with van der Waals surface area (Å²) in [6.45, 7) is 15.0. The summed E-state index contributed by atoms with van der Waals surface area (Å²) in [5.41, 5.74) is 2.39. The van der Waals surface area contributed by atoms with Crippen molar-refractivity contribution >= 4 is 5.97 Å². The van der Waals surface area contributed by atoms with E-state index in [1.807, 2.05) is 13.0 Å². The van der Waals surface area contributed by atoms with Crippen LogP contribution in [0, 0.1) is 0 Å². The Bertz CT molecular complexity index is 544. The molecule has 0 bridgehead atoms. The fraction of sp³-hybridized carbons (Fsp3) is 0.650. The van der Waals surface area contributed by atoms with Crippen LogP contribution in [0.1, 0.15) is 78.9 Å². The van der Waals surface area contributed by atoms with E-state index in [4.69, 9.17) is 4.74 Å². The van der Waals surface area contributed by atoms with E-state index in [0.29, 0.717) is 12.2 Å². The zero-order chi connectivity index (χ0) is 17.8. The fourth-order valence-corrected chi connectivity index (χ4v) is 2.44. The average Bonchev–Trinajstić information content (AvgIpc) is 2.51. The lowest BCUT2D eigenvalue weighted by atomic mass is 9.76. The molecular formula is C20H32O3. The molecule has 1 aromatic carbocycles. The Balaban J connectivity index is 3.38. The summed E-state index contributed by atoms with van der Waals surface area (Å²) in [6, 6.07) is 6.23. The third kappa shape index (κ3) is 4.49. The van der Waals surface area contributed by atoms with E-state index in [0.717, 1.165) is 18.4 Å². The lowest BCUT2D eigenvalue weighted by Crippen LogP contribution is -2.28. The van der Waals surface area contributed by atoms with Gasteiger partial charge < -0.3 is 9.84 Å². The molecular weight excluding hydrogens is 288 g/mol. The molecule has 1 rings (SSSR count). The molecule has 0 aliphatic carbocycles. The molecule has 0 fully saturated rings. The van der Waals surface area contributed by atoms with Gasteiger partial charge in [0.15, 0.2) is 6.10 Å². The van der Waals surface area contributed by atoms with E-state index < -0.39 is 12.1 Å². The highest BCUT2D eigenvalue weighted by atomic mass is 16.5. The first-order valence-corrected chi connectivity index (χ1v) is 8.63. The first-order valence-electron chi connectivity index (χ1n) is 8.63. The van der Waals surface area contributed by atoms with Crippen LogP contribution in [0.3, 0.4) is 0 Å². The maximum absolute atomic E-state index is 11.3. The van der Waals surface area contributed by atoms with E-state index in [2.05, 4.69) is 53.7 Å². The predicted octanol–water partition coefficient (Wildman–Crippen LogP) is 5.30. The van der Waals surface area contributed by atoms with Crippen molar-refractivity contribution in [1.82, 2.24) is 0 Å². The number of carboxylic acid groups (broad SMARTS) is 1. The Morgan fingerprint density at radius 2 is 1.65 bits per heavy atom. The van der Waals surface area contributed by atoms with Crippen molar-refractivity contribution in [2.45, 2.75) is 84.7 Å². The van der Waals surface area contributed by atoms with E-state index in [-0.39, 0.29) is 10.8 Å². The van der Waals surface area contributed by atoms with Gasteiger partial charge in [0.2, 0.25) is 0 Å². The molecule has 0 saturated heterocycles. The van der Waals surface area contributed by atoms with Crippen LogP contribution in [-0.4, -0.2) is 17.2 Å². The maximum atomic E-state index is 11.3. The Labute approximate surface area is 141 Å². The summed E-state index contributed by atoms with van der Waals surface area (Å²) in [6.07, 6.45) is 1.66. The summed E-state index contributed by atoms with van der Waals surface area (Å²) in [4.78, 5) is 11.3.